The van der Waals surface area contributed by atoms with Crippen LogP contribution in [0.3, 0.4) is 0 Å². The van der Waals surface area contributed by atoms with E-state index in [1.165, 1.54) is 5.56 Å². The van der Waals surface area contributed by atoms with E-state index in [4.69, 9.17) is 4.74 Å². The molecule has 110 valence electrons. The van der Waals surface area contributed by atoms with Crippen LogP contribution in [0.1, 0.15) is 34.3 Å². The number of thioether (sulfide) groups is 1. The van der Waals surface area contributed by atoms with Gasteiger partial charge in [0.05, 0.1) is 0 Å². The first-order chi connectivity index (χ1) is 9.66. The fourth-order valence-electron chi connectivity index (χ4n) is 2.40. The van der Waals surface area contributed by atoms with Crippen molar-refractivity contribution >= 4 is 17.7 Å². The molecule has 0 radical (unpaired) electrons. The van der Waals surface area contributed by atoms with Gasteiger partial charge in [-0.2, -0.15) is 11.8 Å². The van der Waals surface area contributed by atoms with E-state index in [1.54, 1.807) is 0 Å². The first kappa shape index (κ1) is 15.4. The second-order valence-corrected chi connectivity index (χ2v) is 6.67. The summed E-state index contributed by atoms with van der Waals surface area (Å²) in [5, 5.41) is 3.70. The topological polar surface area (TPSA) is 38.3 Å². The molecular formula is C16H23NO2S. The third kappa shape index (κ3) is 4.53. The van der Waals surface area contributed by atoms with Crippen LogP contribution in [0, 0.1) is 13.8 Å². The Morgan fingerprint density at radius 1 is 1.35 bits per heavy atom. The van der Waals surface area contributed by atoms with Gasteiger partial charge in [0.25, 0.3) is 5.91 Å². The van der Waals surface area contributed by atoms with Crippen LogP contribution in [0.25, 0.3) is 0 Å². The molecule has 0 aliphatic carbocycles. The van der Waals surface area contributed by atoms with E-state index in [0.717, 1.165) is 49.5 Å². The van der Waals surface area contributed by atoms with Crippen molar-refractivity contribution in [1.82, 2.24) is 5.32 Å². The Morgan fingerprint density at radius 3 is 2.80 bits per heavy atom. The van der Waals surface area contributed by atoms with Gasteiger partial charge in [0.1, 0.15) is 0 Å². The lowest BCUT2D eigenvalue weighted by molar-refractivity contribution is 0.0954. The Balaban J connectivity index is 1.72. The van der Waals surface area contributed by atoms with E-state index in [2.05, 4.69) is 5.32 Å². The quantitative estimate of drug-likeness (QED) is 0.848. The van der Waals surface area contributed by atoms with Crippen molar-refractivity contribution in [3.05, 3.63) is 34.9 Å². The normalized spacial score (nSPS) is 16.1. The SMILES string of the molecule is Cc1ccc(C(=O)NCCSC2CCOCC2)c(C)c1. The number of hydrogen-bond acceptors (Lipinski definition) is 3. The molecule has 1 aromatic carbocycles. The summed E-state index contributed by atoms with van der Waals surface area (Å²) in [6.07, 6.45) is 2.27. The lowest BCUT2D eigenvalue weighted by atomic mass is 10.1. The minimum absolute atomic E-state index is 0.0371. The summed E-state index contributed by atoms with van der Waals surface area (Å²) in [6, 6.07) is 5.94. The molecule has 3 nitrogen and oxygen atoms in total. The molecule has 1 saturated heterocycles. The number of benzene rings is 1. The van der Waals surface area contributed by atoms with Crippen molar-refractivity contribution in [2.45, 2.75) is 31.9 Å². The molecule has 1 fully saturated rings. The lowest BCUT2D eigenvalue weighted by Gasteiger charge is -2.21. The van der Waals surface area contributed by atoms with Gasteiger partial charge >= 0.3 is 0 Å². The van der Waals surface area contributed by atoms with Crippen molar-refractivity contribution in [2.24, 2.45) is 0 Å². The van der Waals surface area contributed by atoms with Crippen LogP contribution in [0.2, 0.25) is 0 Å². The molecule has 4 heteroatoms. The van der Waals surface area contributed by atoms with Crippen molar-refractivity contribution in [1.29, 1.82) is 0 Å². The second-order valence-electron chi connectivity index (χ2n) is 5.26. The number of carbonyl (C=O) groups excluding carboxylic acids is 1. The fraction of sp³-hybridized carbons (Fsp3) is 0.562. The van der Waals surface area contributed by atoms with Crippen molar-refractivity contribution < 1.29 is 9.53 Å². The average molecular weight is 293 g/mol. The molecule has 1 aromatic rings. The van der Waals surface area contributed by atoms with Gasteiger partial charge in [-0.25, -0.2) is 0 Å². The number of aryl methyl sites for hydroxylation is 2. The summed E-state index contributed by atoms with van der Waals surface area (Å²) >= 11 is 1.95. The summed E-state index contributed by atoms with van der Waals surface area (Å²) < 4.78 is 5.34. The van der Waals surface area contributed by atoms with E-state index in [-0.39, 0.29) is 5.91 Å². The lowest BCUT2D eigenvalue weighted by Crippen LogP contribution is -2.27. The number of ether oxygens (including phenoxy) is 1. The molecule has 2 rings (SSSR count). The Hall–Kier alpha value is -1.00. The molecule has 0 bridgehead atoms. The molecule has 1 aliphatic heterocycles. The Labute approximate surface area is 125 Å². The molecule has 1 aliphatic rings. The van der Waals surface area contributed by atoms with Gasteiger partial charge < -0.3 is 10.1 Å². The first-order valence-corrected chi connectivity index (χ1v) is 8.26. The highest BCUT2D eigenvalue weighted by Gasteiger charge is 2.14. The highest BCUT2D eigenvalue weighted by atomic mass is 32.2. The van der Waals surface area contributed by atoms with Gasteiger partial charge in [-0.1, -0.05) is 17.7 Å². The summed E-state index contributed by atoms with van der Waals surface area (Å²) in [6.45, 7) is 6.52. The predicted octanol–water partition coefficient (Wildman–Crippen LogP) is 2.95. The smallest absolute Gasteiger partial charge is 0.251 e. The van der Waals surface area contributed by atoms with Crippen LogP contribution in [-0.2, 0) is 4.74 Å². The Morgan fingerprint density at radius 2 is 2.10 bits per heavy atom. The zero-order valence-corrected chi connectivity index (χ0v) is 13.1. The molecule has 1 heterocycles. The zero-order chi connectivity index (χ0) is 14.4. The van der Waals surface area contributed by atoms with Gasteiger partial charge in [-0.3, -0.25) is 4.79 Å². The molecule has 0 aromatic heterocycles. The molecule has 0 spiro atoms. The molecule has 0 atom stereocenters. The first-order valence-electron chi connectivity index (χ1n) is 7.21. The van der Waals surface area contributed by atoms with Gasteiger partial charge in [-0.05, 0) is 38.3 Å². The number of hydrogen-bond donors (Lipinski definition) is 1. The maximum absolute atomic E-state index is 12.1. The van der Waals surface area contributed by atoms with Gasteiger partial charge in [0, 0.05) is 36.3 Å². The second kappa shape index (κ2) is 7.70. The van der Waals surface area contributed by atoms with E-state index in [1.807, 2.05) is 43.8 Å². The van der Waals surface area contributed by atoms with E-state index < -0.39 is 0 Å². The average Bonchev–Trinajstić information content (AvgIpc) is 2.44. The largest absolute Gasteiger partial charge is 0.381 e. The van der Waals surface area contributed by atoms with Gasteiger partial charge in [0.2, 0.25) is 0 Å². The minimum atomic E-state index is 0.0371. The minimum Gasteiger partial charge on any atom is -0.381 e. The summed E-state index contributed by atoms with van der Waals surface area (Å²) in [4.78, 5) is 12.1. The van der Waals surface area contributed by atoms with Crippen LogP contribution >= 0.6 is 11.8 Å². The number of carbonyl (C=O) groups is 1. The fourth-order valence-corrected chi connectivity index (χ4v) is 3.48. The monoisotopic (exact) mass is 293 g/mol. The molecule has 1 amide bonds. The van der Waals surface area contributed by atoms with Crippen LogP contribution < -0.4 is 5.32 Å². The van der Waals surface area contributed by atoms with Crippen LogP contribution in [-0.4, -0.2) is 36.7 Å². The standard InChI is InChI=1S/C16H23NO2S/c1-12-3-4-15(13(2)11-12)16(18)17-7-10-20-14-5-8-19-9-6-14/h3-4,11,14H,5-10H2,1-2H3,(H,17,18). The predicted molar refractivity (Wildman–Crippen MR) is 84.5 cm³/mol. The van der Waals surface area contributed by atoms with Gasteiger partial charge in [0.15, 0.2) is 0 Å². The van der Waals surface area contributed by atoms with E-state index in [0.29, 0.717) is 5.25 Å². The van der Waals surface area contributed by atoms with E-state index >= 15 is 0 Å². The number of amides is 1. The molecule has 0 unspecified atom stereocenters. The van der Waals surface area contributed by atoms with E-state index in [9.17, 15) is 4.79 Å². The number of nitrogens with one attached hydrogen (secondary N) is 1. The summed E-state index contributed by atoms with van der Waals surface area (Å²) in [5.41, 5.74) is 3.01. The molecular weight excluding hydrogens is 270 g/mol. The summed E-state index contributed by atoms with van der Waals surface area (Å²) in [5.74, 6) is 1.01. The Kier molecular flexibility index (Phi) is 5.92. The maximum atomic E-state index is 12.1. The van der Waals surface area contributed by atoms with Gasteiger partial charge in [-0.15, -0.1) is 0 Å². The van der Waals surface area contributed by atoms with Crippen molar-refractivity contribution in [3.8, 4) is 0 Å². The van der Waals surface area contributed by atoms with Crippen molar-refractivity contribution in [2.75, 3.05) is 25.5 Å². The molecule has 0 saturated carbocycles. The maximum Gasteiger partial charge on any atom is 0.251 e. The van der Waals surface area contributed by atoms with Crippen LogP contribution in [0.4, 0.5) is 0 Å². The Bertz CT molecular complexity index is 456. The molecule has 20 heavy (non-hydrogen) atoms. The van der Waals surface area contributed by atoms with Crippen molar-refractivity contribution in [3.63, 3.8) is 0 Å². The zero-order valence-electron chi connectivity index (χ0n) is 12.3. The number of rotatable bonds is 5. The molecule has 1 N–H and O–H groups in total. The van der Waals surface area contributed by atoms with Crippen LogP contribution in [0.5, 0.6) is 0 Å². The van der Waals surface area contributed by atoms with Crippen LogP contribution in [0.15, 0.2) is 18.2 Å². The highest BCUT2D eigenvalue weighted by Crippen LogP contribution is 2.21. The summed E-state index contributed by atoms with van der Waals surface area (Å²) in [7, 11) is 0. The third-order valence-corrected chi connectivity index (χ3v) is 4.92. The third-order valence-electron chi connectivity index (χ3n) is 3.54. The highest BCUT2D eigenvalue weighted by molar-refractivity contribution is 7.99.